The van der Waals surface area contributed by atoms with Crippen LogP contribution < -0.4 is 9.62 Å². The van der Waals surface area contributed by atoms with Crippen molar-refractivity contribution in [1.29, 1.82) is 0 Å². The molecular formula is C38H42ClN3O4S. The molecule has 1 saturated carbocycles. The lowest BCUT2D eigenvalue weighted by atomic mass is 9.94. The summed E-state index contributed by atoms with van der Waals surface area (Å²) in [6, 6.07) is 29.6. The second kappa shape index (κ2) is 15.6. The highest BCUT2D eigenvalue weighted by Crippen LogP contribution is 2.31. The first-order chi connectivity index (χ1) is 22.6. The third-order valence-corrected chi connectivity index (χ3v) is 10.8. The first kappa shape index (κ1) is 34.2. The minimum Gasteiger partial charge on any atom is -0.352 e. The fourth-order valence-electron chi connectivity index (χ4n) is 6.11. The zero-order valence-electron chi connectivity index (χ0n) is 26.9. The Balaban J connectivity index is 1.57. The number of halogens is 1. The Morgan fingerprint density at radius 3 is 2.15 bits per heavy atom. The molecule has 246 valence electrons. The summed E-state index contributed by atoms with van der Waals surface area (Å²) in [5.74, 6) is -0.755. The van der Waals surface area contributed by atoms with E-state index in [4.69, 9.17) is 11.6 Å². The third-order valence-electron chi connectivity index (χ3n) is 8.67. The van der Waals surface area contributed by atoms with Crippen LogP contribution in [0.5, 0.6) is 0 Å². The van der Waals surface area contributed by atoms with Crippen LogP contribution in [-0.2, 0) is 32.6 Å². The van der Waals surface area contributed by atoms with Crippen LogP contribution in [0.2, 0.25) is 5.02 Å². The molecule has 5 rings (SSSR count). The summed E-state index contributed by atoms with van der Waals surface area (Å²) in [5.41, 5.74) is 3.84. The molecule has 1 aliphatic rings. The maximum atomic E-state index is 14.7. The van der Waals surface area contributed by atoms with Gasteiger partial charge in [-0.3, -0.25) is 13.9 Å². The van der Waals surface area contributed by atoms with Gasteiger partial charge >= 0.3 is 0 Å². The number of para-hydroxylation sites is 1. The minimum atomic E-state index is -4.23. The number of sulfonamides is 1. The SMILES string of the molecule is Cc1ccc(S(=O)(=O)N(CC(=O)N(Cc2cccc(C)c2)C(Cc2ccccc2)C(=O)NC2CCCCC2)c2ccccc2Cl)cc1. The van der Waals surface area contributed by atoms with E-state index in [1.807, 2.05) is 68.4 Å². The number of amides is 2. The van der Waals surface area contributed by atoms with Crippen LogP contribution >= 0.6 is 11.6 Å². The van der Waals surface area contributed by atoms with Crippen molar-refractivity contribution in [2.45, 2.75) is 75.9 Å². The molecule has 0 saturated heterocycles. The minimum absolute atomic E-state index is 0.0342. The van der Waals surface area contributed by atoms with E-state index in [0.717, 1.165) is 58.7 Å². The molecule has 1 atom stereocenters. The van der Waals surface area contributed by atoms with E-state index in [-0.39, 0.29) is 40.5 Å². The van der Waals surface area contributed by atoms with Gasteiger partial charge in [0.25, 0.3) is 10.0 Å². The van der Waals surface area contributed by atoms with E-state index >= 15 is 0 Å². The van der Waals surface area contributed by atoms with Gasteiger partial charge in [-0.25, -0.2) is 8.42 Å². The summed E-state index contributed by atoms with van der Waals surface area (Å²) in [6.45, 7) is 3.42. The number of nitrogens with one attached hydrogen (secondary N) is 1. The van der Waals surface area contributed by atoms with Gasteiger partial charge in [-0.15, -0.1) is 0 Å². The van der Waals surface area contributed by atoms with Crippen LogP contribution in [0, 0.1) is 13.8 Å². The van der Waals surface area contributed by atoms with Gasteiger partial charge in [0.1, 0.15) is 12.6 Å². The zero-order chi connectivity index (χ0) is 33.4. The van der Waals surface area contributed by atoms with E-state index in [2.05, 4.69) is 5.32 Å². The molecule has 0 radical (unpaired) electrons. The quantitative estimate of drug-likeness (QED) is 0.172. The van der Waals surface area contributed by atoms with Gasteiger partial charge in [0.15, 0.2) is 0 Å². The number of carbonyl (C=O) groups excluding carboxylic acids is 2. The van der Waals surface area contributed by atoms with Crippen LogP contribution in [0.1, 0.15) is 54.4 Å². The lowest BCUT2D eigenvalue weighted by Crippen LogP contribution is -2.55. The van der Waals surface area contributed by atoms with E-state index in [1.54, 1.807) is 36.4 Å². The number of nitrogens with zero attached hydrogens (tertiary/aromatic N) is 2. The zero-order valence-corrected chi connectivity index (χ0v) is 28.5. The van der Waals surface area contributed by atoms with Crippen molar-refractivity contribution in [3.8, 4) is 0 Å². The van der Waals surface area contributed by atoms with E-state index in [0.29, 0.717) is 0 Å². The molecule has 47 heavy (non-hydrogen) atoms. The number of anilines is 1. The summed E-state index contributed by atoms with van der Waals surface area (Å²) >= 11 is 6.58. The summed E-state index contributed by atoms with van der Waals surface area (Å²) in [6.07, 6.45) is 5.29. The van der Waals surface area contributed by atoms with Gasteiger partial charge in [0, 0.05) is 19.0 Å². The Bertz CT molecular complexity index is 1770. The number of carbonyl (C=O) groups is 2. The molecule has 4 aromatic carbocycles. The van der Waals surface area contributed by atoms with Crippen molar-refractivity contribution >= 4 is 39.1 Å². The van der Waals surface area contributed by atoms with Crippen LogP contribution in [0.15, 0.2) is 108 Å². The van der Waals surface area contributed by atoms with Crippen LogP contribution in [0.25, 0.3) is 0 Å². The molecule has 0 spiro atoms. The van der Waals surface area contributed by atoms with Gasteiger partial charge in [0.05, 0.1) is 15.6 Å². The second-order valence-electron chi connectivity index (χ2n) is 12.3. The first-order valence-corrected chi connectivity index (χ1v) is 18.0. The number of hydrogen-bond donors (Lipinski definition) is 1. The number of benzene rings is 4. The smallest absolute Gasteiger partial charge is 0.264 e. The molecule has 1 fully saturated rings. The molecule has 0 aliphatic heterocycles. The van der Waals surface area contributed by atoms with Crippen molar-refractivity contribution in [1.82, 2.24) is 10.2 Å². The Morgan fingerprint density at radius 2 is 1.47 bits per heavy atom. The Kier molecular flexibility index (Phi) is 11.4. The fourth-order valence-corrected chi connectivity index (χ4v) is 7.83. The van der Waals surface area contributed by atoms with Gasteiger partial charge in [-0.2, -0.15) is 0 Å². The standard InChI is InChI=1S/C38H42ClN3O4S/c1-28-20-22-33(23-21-28)47(45,46)42(35-19-10-9-18-34(35)39)27-37(43)41(26-31-15-11-12-29(2)24-31)36(25-30-13-5-3-6-14-30)38(44)40-32-16-7-4-8-17-32/h3,5-6,9-15,18-24,32,36H,4,7-8,16-17,25-27H2,1-2H3,(H,40,44). The van der Waals surface area contributed by atoms with Gasteiger partial charge in [0.2, 0.25) is 11.8 Å². The van der Waals surface area contributed by atoms with Crippen molar-refractivity contribution in [2.75, 3.05) is 10.8 Å². The van der Waals surface area contributed by atoms with Gasteiger partial charge < -0.3 is 10.2 Å². The predicted molar refractivity (Wildman–Crippen MR) is 188 cm³/mol. The molecule has 0 heterocycles. The predicted octanol–water partition coefficient (Wildman–Crippen LogP) is 7.24. The summed E-state index contributed by atoms with van der Waals surface area (Å²) in [4.78, 5) is 30.5. The molecule has 2 amide bonds. The summed E-state index contributed by atoms with van der Waals surface area (Å²) in [5, 5.41) is 3.43. The highest BCUT2D eigenvalue weighted by atomic mass is 35.5. The Morgan fingerprint density at radius 1 is 0.809 bits per heavy atom. The van der Waals surface area contributed by atoms with Crippen molar-refractivity contribution in [2.24, 2.45) is 0 Å². The van der Waals surface area contributed by atoms with E-state index in [9.17, 15) is 18.0 Å². The van der Waals surface area contributed by atoms with Crippen molar-refractivity contribution < 1.29 is 18.0 Å². The Hall–Kier alpha value is -4.14. The first-order valence-electron chi connectivity index (χ1n) is 16.1. The molecule has 4 aromatic rings. The number of hydrogen-bond acceptors (Lipinski definition) is 4. The van der Waals surface area contributed by atoms with Crippen LogP contribution in [0.3, 0.4) is 0 Å². The monoisotopic (exact) mass is 671 g/mol. The molecule has 0 bridgehead atoms. The highest BCUT2D eigenvalue weighted by Gasteiger charge is 2.36. The molecule has 1 aliphatic carbocycles. The van der Waals surface area contributed by atoms with Crippen molar-refractivity contribution in [3.05, 3.63) is 130 Å². The van der Waals surface area contributed by atoms with E-state index in [1.165, 1.54) is 17.0 Å². The van der Waals surface area contributed by atoms with Crippen molar-refractivity contribution in [3.63, 3.8) is 0 Å². The molecule has 7 nitrogen and oxygen atoms in total. The lowest BCUT2D eigenvalue weighted by Gasteiger charge is -2.35. The summed E-state index contributed by atoms with van der Waals surface area (Å²) < 4.78 is 29.5. The topological polar surface area (TPSA) is 86.8 Å². The van der Waals surface area contributed by atoms with Gasteiger partial charge in [-0.05, 0) is 62.1 Å². The molecule has 9 heteroatoms. The lowest BCUT2D eigenvalue weighted by molar-refractivity contribution is -0.140. The second-order valence-corrected chi connectivity index (χ2v) is 14.6. The molecule has 1 unspecified atom stereocenters. The fraction of sp³-hybridized carbons (Fsp3) is 0.316. The third kappa shape index (κ3) is 8.82. The average Bonchev–Trinajstić information content (AvgIpc) is 3.06. The normalized spacial score (nSPS) is 14.3. The van der Waals surface area contributed by atoms with Gasteiger partial charge in [-0.1, -0.05) is 121 Å². The van der Waals surface area contributed by atoms with Crippen LogP contribution in [0.4, 0.5) is 5.69 Å². The number of rotatable bonds is 12. The molecular weight excluding hydrogens is 630 g/mol. The Labute approximate surface area is 283 Å². The maximum Gasteiger partial charge on any atom is 0.264 e. The molecule has 1 N–H and O–H groups in total. The number of aryl methyl sites for hydroxylation is 2. The average molecular weight is 672 g/mol. The summed E-state index contributed by atoms with van der Waals surface area (Å²) in [7, 11) is -4.23. The van der Waals surface area contributed by atoms with E-state index < -0.39 is 28.5 Å². The maximum absolute atomic E-state index is 14.7. The highest BCUT2D eigenvalue weighted by molar-refractivity contribution is 7.92. The largest absolute Gasteiger partial charge is 0.352 e. The van der Waals surface area contributed by atoms with Crippen LogP contribution in [-0.4, -0.2) is 43.8 Å². The molecule has 0 aromatic heterocycles.